The topological polar surface area (TPSA) is 104 Å². The van der Waals surface area contributed by atoms with E-state index >= 15 is 0 Å². The van der Waals surface area contributed by atoms with Gasteiger partial charge >= 0.3 is 5.76 Å². The van der Waals surface area contributed by atoms with Gasteiger partial charge in [-0.3, -0.25) is 14.6 Å². The van der Waals surface area contributed by atoms with E-state index in [-0.39, 0.29) is 17.9 Å². The first-order valence-electron chi connectivity index (χ1n) is 10.4. The van der Waals surface area contributed by atoms with E-state index in [9.17, 15) is 14.4 Å². The number of rotatable bonds is 5. The fraction of sp³-hybridized carbons (Fsp3) is 0.500. The molecule has 3 saturated carbocycles. The third kappa shape index (κ3) is 3.28. The predicted octanol–water partition coefficient (Wildman–Crippen LogP) is 2.63. The molecule has 1 aromatic carbocycles. The molecule has 0 spiro atoms. The molecule has 1 heterocycles. The first-order chi connectivity index (χ1) is 13.9. The van der Waals surface area contributed by atoms with Crippen molar-refractivity contribution in [2.75, 3.05) is 0 Å². The van der Waals surface area contributed by atoms with Gasteiger partial charge < -0.3 is 15.1 Å². The predicted molar refractivity (Wildman–Crippen MR) is 107 cm³/mol. The van der Waals surface area contributed by atoms with Crippen LogP contribution in [0.3, 0.4) is 0 Å². The number of carbonyl (C=O) groups excluding carboxylic acids is 2. The highest BCUT2D eigenvalue weighted by Gasteiger charge is 2.53. The lowest BCUT2D eigenvalue weighted by atomic mass is 9.87. The molecule has 3 aliphatic rings. The molecule has 0 unspecified atom stereocenters. The second kappa shape index (κ2) is 6.61. The minimum absolute atomic E-state index is 0.0677. The van der Waals surface area contributed by atoms with Gasteiger partial charge in [-0.05, 0) is 69.4 Å². The molecule has 2 aromatic rings. The first-order valence-corrected chi connectivity index (χ1v) is 10.4. The molecule has 0 saturated heterocycles. The molecule has 5 rings (SSSR count). The minimum atomic E-state index is -0.580. The SMILES string of the molecule is C/C(=C\C(=O)N[C@@H]1C[C@@H]2CC[C@@]1(NC(=O)c1cccc3oc(=O)[nH]c13)C2)C1CC1. The standard InChI is InChI=1S/C22H25N3O4/c1-12(14-5-6-14)9-18(26)23-17-10-13-7-8-22(17,11-13)25-20(27)15-3-2-4-16-19(15)24-21(28)29-16/h2-4,9,13-14,17H,5-8,10-11H2,1H3,(H,23,26)(H,24,28)(H,25,27)/b12-9+/t13-,17+,22+/m0/s1. The summed E-state index contributed by atoms with van der Waals surface area (Å²) in [5, 5.41) is 6.36. The molecule has 3 atom stereocenters. The summed E-state index contributed by atoms with van der Waals surface area (Å²) in [5.74, 6) is 0.176. The maximum atomic E-state index is 13.1. The number of hydrogen-bond acceptors (Lipinski definition) is 4. The van der Waals surface area contributed by atoms with Crippen molar-refractivity contribution in [2.45, 2.75) is 57.0 Å². The number of carbonyl (C=O) groups is 2. The Hall–Kier alpha value is -2.83. The molecule has 2 amide bonds. The number of allylic oxidation sites excluding steroid dienone is 1. The van der Waals surface area contributed by atoms with E-state index in [2.05, 4.69) is 15.6 Å². The molecule has 2 bridgehead atoms. The van der Waals surface area contributed by atoms with E-state index in [1.165, 1.54) is 12.8 Å². The van der Waals surface area contributed by atoms with Crippen LogP contribution in [0.2, 0.25) is 0 Å². The van der Waals surface area contributed by atoms with Crippen molar-refractivity contribution >= 4 is 22.9 Å². The summed E-state index contributed by atoms with van der Waals surface area (Å²) >= 11 is 0. The Kier molecular flexibility index (Phi) is 4.15. The van der Waals surface area contributed by atoms with Crippen molar-refractivity contribution in [3.63, 3.8) is 0 Å². The number of nitrogens with one attached hydrogen (secondary N) is 3. The van der Waals surface area contributed by atoms with Crippen molar-refractivity contribution in [3.05, 3.63) is 46.0 Å². The lowest BCUT2D eigenvalue weighted by molar-refractivity contribution is -0.117. The molecule has 29 heavy (non-hydrogen) atoms. The van der Waals surface area contributed by atoms with E-state index < -0.39 is 11.3 Å². The summed E-state index contributed by atoms with van der Waals surface area (Å²) in [5.41, 5.74) is 1.85. The molecule has 152 valence electrons. The Morgan fingerprint density at radius 2 is 2.10 bits per heavy atom. The van der Waals surface area contributed by atoms with Crippen molar-refractivity contribution in [1.82, 2.24) is 15.6 Å². The van der Waals surface area contributed by atoms with E-state index in [1.54, 1.807) is 24.3 Å². The third-order valence-corrected chi connectivity index (χ3v) is 6.85. The van der Waals surface area contributed by atoms with Gasteiger partial charge in [-0.2, -0.15) is 0 Å². The number of aromatic nitrogens is 1. The number of aromatic amines is 1. The second-order valence-corrected chi connectivity index (χ2v) is 8.87. The van der Waals surface area contributed by atoms with E-state index in [1.807, 2.05) is 6.92 Å². The van der Waals surface area contributed by atoms with Crippen LogP contribution in [-0.2, 0) is 4.79 Å². The molecule has 7 heteroatoms. The molecule has 0 radical (unpaired) electrons. The summed E-state index contributed by atoms with van der Waals surface area (Å²) in [6.45, 7) is 2.02. The van der Waals surface area contributed by atoms with Gasteiger partial charge in [0, 0.05) is 6.08 Å². The lowest BCUT2D eigenvalue weighted by Crippen LogP contribution is -2.59. The highest BCUT2D eigenvalue weighted by molar-refractivity contribution is 6.04. The number of para-hydroxylation sites is 1. The molecule has 3 N–H and O–H groups in total. The van der Waals surface area contributed by atoms with Crippen LogP contribution in [-0.4, -0.2) is 28.4 Å². The zero-order chi connectivity index (χ0) is 20.2. The number of benzene rings is 1. The van der Waals surface area contributed by atoms with Crippen molar-refractivity contribution in [1.29, 1.82) is 0 Å². The van der Waals surface area contributed by atoms with E-state index in [0.717, 1.165) is 31.3 Å². The second-order valence-electron chi connectivity index (χ2n) is 8.87. The number of fused-ring (bicyclic) bond motifs is 3. The fourth-order valence-electron chi connectivity index (χ4n) is 5.19. The summed E-state index contributed by atoms with van der Waals surface area (Å²) in [6.07, 6.45) is 7.71. The van der Waals surface area contributed by atoms with Gasteiger partial charge in [0.05, 0.1) is 22.7 Å². The largest absolute Gasteiger partial charge is 0.417 e. The van der Waals surface area contributed by atoms with Crippen LogP contribution in [0, 0.1) is 11.8 Å². The monoisotopic (exact) mass is 395 g/mol. The third-order valence-electron chi connectivity index (χ3n) is 6.85. The normalized spacial score (nSPS) is 28.7. The Balaban J connectivity index is 1.36. The van der Waals surface area contributed by atoms with Gasteiger partial charge in [-0.25, -0.2) is 4.79 Å². The minimum Gasteiger partial charge on any atom is -0.408 e. The Morgan fingerprint density at radius 1 is 1.28 bits per heavy atom. The Bertz CT molecular complexity index is 1080. The van der Waals surface area contributed by atoms with Crippen LogP contribution < -0.4 is 16.4 Å². The number of hydrogen-bond donors (Lipinski definition) is 3. The molecule has 1 aromatic heterocycles. The maximum absolute atomic E-state index is 13.1. The molecular weight excluding hydrogens is 370 g/mol. The van der Waals surface area contributed by atoms with E-state index in [0.29, 0.717) is 28.5 Å². The van der Waals surface area contributed by atoms with Crippen LogP contribution in [0.4, 0.5) is 0 Å². The average Bonchev–Trinajstić information content (AvgIpc) is 3.24. The Morgan fingerprint density at radius 3 is 2.86 bits per heavy atom. The van der Waals surface area contributed by atoms with Crippen molar-refractivity contribution in [2.24, 2.45) is 11.8 Å². The van der Waals surface area contributed by atoms with Gasteiger partial charge in [0.1, 0.15) is 0 Å². The van der Waals surface area contributed by atoms with Gasteiger partial charge in [0.25, 0.3) is 5.91 Å². The number of H-pyrrole nitrogens is 1. The Labute approximate surface area is 167 Å². The number of oxazole rings is 1. The summed E-state index contributed by atoms with van der Waals surface area (Å²) < 4.78 is 5.07. The van der Waals surface area contributed by atoms with Gasteiger partial charge in [0.15, 0.2) is 5.58 Å². The van der Waals surface area contributed by atoms with Crippen LogP contribution in [0.1, 0.15) is 55.8 Å². The number of amides is 2. The van der Waals surface area contributed by atoms with Crippen LogP contribution >= 0.6 is 0 Å². The van der Waals surface area contributed by atoms with Crippen LogP contribution in [0.15, 0.2) is 39.1 Å². The lowest BCUT2D eigenvalue weighted by Gasteiger charge is -2.36. The highest BCUT2D eigenvalue weighted by Crippen LogP contribution is 2.48. The molecular formula is C22H25N3O4. The van der Waals surface area contributed by atoms with Crippen LogP contribution in [0.5, 0.6) is 0 Å². The van der Waals surface area contributed by atoms with Gasteiger partial charge in [-0.15, -0.1) is 0 Å². The first kappa shape index (κ1) is 18.2. The maximum Gasteiger partial charge on any atom is 0.417 e. The van der Waals surface area contributed by atoms with Crippen LogP contribution in [0.25, 0.3) is 11.1 Å². The van der Waals surface area contributed by atoms with Crippen molar-refractivity contribution < 1.29 is 14.0 Å². The highest BCUT2D eigenvalue weighted by atomic mass is 16.4. The fourth-order valence-corrected chi connectivity index (χ4v) is 5.19. The smallest absolute Gasteiger partial charge is 0.408 e. The zero-order valence-electron chi connectivity index (χ0n) is 16.4. The van der Waals surface area contributed by atoms with Crippen molar-refractivity contribution in [3.8, 4) is 0 Å². The average molecular weight is 395 g/mol. The summed E-state index contributed by atoms with van der Waals surface area (Å²) in [6, 6.07) is 4.95. The molecule has 3 aliphatic carbocycles. The van der Waals surface area contributed by atoms with E-state index in [4.69, 9.17) is 4.42 Å². The quantitative estimate of drug-likeness (QED) is 0.677. The van der Waals surface area contributed by atoms with Gasteiger partial charge in [-0.1, -0.05) is 11.6 Å². The van der Waals surface area contributed by atoms with Gasteiger partial charge in [0.2, 0.25) is 5.91 Å². The summed E-state index contributed by atoms with van der Waals surface area (Å²) in [4.78, 5) is 39.8. The zero-order valence-corrected chi connectivity index (χ0v) is 16.4. The molecule has 3 fully saturated rings. The molecule has 7 nitrogen and oxygen atoms in total. The molecule has 0 aliphatic heterocycles. The summed E-state index contributed by atoms with van der Waals surface area (Å²) in [7, 11) is 0.